The number of piperazine rings is 1. The molecule has 2 saturated heterocycles. The maximum atomic E-state index is 5.18. The summed E-state index contributed by atoms with van der Waals surface area (Å²) < 4.78 is 5.18. The predicted molar refractivity (Wildman–Crippen MR) is 150 cm³/mol. The normalized spacial score (nSPS) is 29.4. The second-order valence-corrected chi connectivity index (χ2v) is 11.6. The lowest BCUT2D eigenvalue weighted by Gasteiger charge is -2.55. The van der Waals surface area contributed by atoms with E-state index in [4.69, 9.17) is 14.5 Å². The first-order chi connectivity index (χ1) is 19.2. The van der Waals surface area contributed by atoms with Crippen LogP contribution in [0.25, 0.3) is 22.6 Å². The third kappa shape index (κ3) is 3.84. The Hall–Kier alpha value is -3.78. The van der Waals surface area contributed by atoms with Crippen molar-refractivity contribution >= 4 is 11.6 Å². The highest BCUT2D eigenvalue weighted by atomic mass is 16.5. The summed E-state index contributed by atoms with van der Waals surface area (Å²) in [5.74, 6) is 2.71. The zero-order chi connectivity index (χ0) is 25.9. The zero-order valence-electron chi connectivity index (χ0n) is 22.1. The molecule has 0 radical (unpaired) electrons. The summed E-state index contributed by atoms with van der Waals surface area (Å²) in [4.78, 5) is 19.7. The number of benzene rings is 2. The van der Waals surface area contributed by atoms with Gasteiger partial charge in [-0.25, -0.2) is 9.97 Å². The van der Waals surface area contributed by atoms with Gasteiger partial charge in [0.2, 0.25) is 17.7 Å². The van der Waals surface area contributed by atoms with Crippen molar-refractivity contribution in [2.45, 2.75) is 69.2 Å². The van der Waals surface area contributed by atoms with Crippen molar-refractivity contribution < 1.29 is 4.52 Å². The lowest BCUT2D eigenvalue weighted by molar-refractivity contribution is 0.183. The molecule has 8 nitrogen and oxygen atoms in total. The molecule has 2 saturated carbocycles. The van der Waals surface area contributed by atoms with Crippen molar-refractivity contribution in [3.8, 4) is 22.6 Å². The van der Waals surface area contributed by atoms with Crippen LogP contribution in [0, 0.1) is 12.8 Å². The zero-order valence-corrected chi connectivity index (χ0v) is 22.1. The smallest absolute Gasteiger partial charge is 0.226 e. The number of aryl methyl sites for hydroxylation is 1. The highest BCUT2D eigenvalue weighted by Crippen LogP contribution is 2.48. The summed E-state index contributed by atoms with van der Waals surface area (Å²) in [7, 11) is 0. The highest BCUT2D eigenvalue weighted by molar-refractivity contribution is 5.63. The van der Waals surface area contributed by atoms with Crippen LogP contribution in [-0.2, 0) is 0 Å². The van der Waals surface area contributed by atoms with Gasteiger partial charge in [-0.15, -0.1) is 0 Å². The first kappa shape index (κ1) is 23.1. The third-order valence-corrected chi connectivity index (χ3v) is 9.38. The van der Waals surface area contributed by atoms with Gasteiger partial charge in [-0.3, -0.25) is 0 Å². The number of piperidine rings is 1. The van der Waals surface area contributed by atoms with Crippen LogP contribution in [0.5, 0.6) is 0 Å². The molecule has 2 aliphatic heterocycles. The Morgan fingerprint density at radius 3 is 2.56 bits per heavy atom. The second kappa shape index (κ2) is 9.16. The summed E-state index contributed by atoms with van der Waals surface area (Å²) >= 11 is 0. The molecule has 4 fully saturated rings. The quantitative estimate of drug-likeness (QED) is 0.409. The molecule has 0 amide bonds. The van der Waals surface area contributed by atoms with Crippen LogP contribution in [0.3, 0.4) is 0 Å². The van der Waals surface area contributed by atoms with Gasteiger partial charge in [0.05, 0.1) is 11.7 Å². The molecule has 8 heteroatoms. The van der Waals surface area contributed by atoms with Crippen molar-refractivity contribution in [2.24, 2.45) is 5.92 Å². The number of nitrogens with one attached hydrogen (secondary N) is 1. The fourth-order valence-corrected chi connectivity index (χ4v) is 7.76. The van der Waals surface area contributed by atoms with Gasteiger partial charge in [0.1, 0.15) is 0 Å². The topological polar surface area (TPSA) is 83.2 Å². The minimum Gasteiger partial charge on any atom is -0.367 e. The molecule has 0 spiro atoms. The summed E-state index contributed by atoms with van der Waals surface area (Å²) in [6.45, 7) is 2.88. The Balaban J connectivity index is 1.11. The van der Waals surface area contributed by atoms with Gasteiger partial charge < -0.3 is 19.6 Å². The van der Waals surface area contributed by atoms with Gasteiger partial charge >= 0.3 is 0 Å². The number of anilines is 2. The van der Waals surface area contributed by atoms with Gasteiger partial charge in [0, 0.05) is 66.6 Å². The third-order valence-electron chi connectivity index (χ3n) is 9.38. The molecule has 2 aromatic carbocycles. The molecule has 1 N–H and O–H groups in total. The van der Waals surface area contributed by atoms with Gasteiger partial charge in [-0.05, 0) is 49.6 Å². The van der Waals surface area contributed by atoms with E-state index in [0.717, 1.165) is 29.3 Å². The second-order valence-electron chi connectivity index (χ2n) is 11.6. The van der Waals surface area contributed by atoms with Crippen LogP contribution in [0.1, 0.15) is 38.0 Å². The molecule has 2 bridgehead atoms. The number of fused-ring (bicyclic) bond motifs is 6. The van der Waals surface area contributed by atoms with Gasteiger partial charge in [0.15, 0.2) is 0 Å². The van der Waals surface area contributed by atoms with E-state index in [-0.39, 0.29) is 0 Å². The Bertz CT molecular complexity index is 1470. The standard InChI is InChI=1S/C31H33N7O/c1-19-33-30(36-39-19)21-11-13-23(14-12-21)37-18-22-17-27(37)28-29(22)38(26-10-6-5-9-25(26)34-28)31-32-16-15-24(35-31)20-7-3-2-4-8-20/h2-4,7-8,11-16,22,25-29,34H,5-6,9-10,17-18H2,1H3/t22-,25-,26-,27-,28-,29?/m1/s1. The van der Waals surface area contributed by atoms with E-state index in [2.05, 4.69) is 79.9 Å². The Labute approximate surface area is 228 Å². The van der Waals surface area contributed by atoms with Gasteiger partial charge in [-0.1, -0.05) is 48.3 Å². The molecule has 2 aromatic heterocycles. The molecule has 8 rings (SSSR count). The number of hydrogen-bond donors (Lipinski definition) is 1. The maximum Gasteiger partial charge on any atom is 0.226 e. The SMILES string of the molecule is Cc1nc(-c2ccc(N3C[C@H]4C[C@@H]3[C@H]3N[C@@H]5CCCC[C@H]5N(c5nccc(-c6ccccc6)n5)C43)cc2)no1. The average Bonchev–Trinajstić information content (AvgIpc) is 3.72. The van der Waals surface area contributed by atoms with Crippen molar-refractivity contribution in [3.05, 3.63) is 72.8 Å². The summed E-state index contributed by atoms with van der Waals surface area (Å²) in [6.07, 6.45) is 8.14. The minimum absolute atomic E-state index is 0.395. The number of rotatable bonds is 4. The molecule has 1 unspecified atom stereocenters. The van der Waals surface area contributed by atoms with Crippen LogP contribution in [-0.4, -0.2) is 56.9 Å². The number of aromatic nitrogens is 4. The minimum atomic E-state index is 0.395. The molecule has 198 valence electrons. The Morgan fingerprint density at radius 1 is 0.897 bits per heavy atom. The fraction of sp³-hybridized carbons (Fsp3) is 0.419. The van der Waals surface area contributed by atoms with E-state index in [9.17, 15) is 0 Å². The monoisotopic (exact) mass is 519 g/mol. The van der Waals surface area contributed by atoms with E-state index >= 15 is 0 Å². The largest absolute Gasteiger partial charge is 0.367 e. The fourth-order valence-electron chi connectivity index (χ4n) is 7.76. The van der Waals surface area contributed by atoms with Crippen LogP contribution in [0.4, 0.5) is 11.6 Å². The number of nitrogens with zero attached hydrogens (tertiary/aromatic N) is 6. The summed E-state index contributed by atoms with van der Waals surface area (Å²) in [5, 5.41) is 8.24. The number of hydrogen-bond acceptors (Lipinski definition) is 8. The highest BCUT2D eigenvalue weighted by Gasteiger charge is 2.59. The van der Waals surface area contributed by atoms with Crippen molar-refractivity contribution in [2.75, 3.05) is 16.3 Å². The van der Waals surface area contributed by atoms with Crippen LogP contribution in [0.15, 0.2) is 71.4 Å². The van der Waals surface area contributed by atoms with Gasteiger partial charge in [0.25, 0.3) is 0 Å². The molecule has 6 atom stereocenters. The predicted octanol–water partition coefficient (Wildman–Crippen LogP) is 4.87. The first-order valence-electron chi connectivity index (χ1n) is 14.3. The van der Waals surface area contributed by atoms with E-state index < -0.39 is 0 Å². The first-order valence-corrected chi connectivity index (χ1v) is 14.3. The maximum absolute atomic E-state index is 5.18. The van der Waals surface area contributed by atoms with E-state index in [1.165, 1.54) is 37.8 Å². The summed E-state index contributed by atoms with van der Waals surface area (Å²) in [5.41, 5.74) is 4.41. The Morgan fingerprint density at radius 2 is 1.74 bits per heavy atom. The lowest BCUT2D eigenvalue weighted by atomic mass is 9.81. The lowest BCUT2D eigenvalue weighted by Crippen LogP contribution is -2.73. The molecule has 4 heterocycles. The van der Waals surface area contributed by atoms with Gasteiger partial charge in [-0.2, -0.15) is 4.98 Å². The van der Waals surface area contributed by atoms with E-state index in [0.29, 0.717) is 47.8 Å². The van der Waals surface area contributed by atoms with Crippen LogP contribution in [0.2, 0.25) is 0 Å². The Kier molecular flexibility index (Phi) is 5.43. The average molecular weight is 520 g/mol. The van der Waals surface area contributed by atoms with Crippen molar-refractivity contribution in [1.29, 1.82) is 0 Å². The van der Waals surface area contributed by atoms with Crippen LogP contribution >= 0.6 is 0 Å². The van der Waals surface area contributed by atoms with E-state index in [1.807, 2.05) is 19.2 Å². The van der Waals surface area contributed by atoms with Crippen LogP contribution < -0.4 is 15.1 Å². The molecular weight excluding hydrogens is 486 g/mol. The molecule has 39 heavy (non-hydrogen) atoms. The molecular formula is C31H33N7O. The van der Waals surface area contributed by atoms with Crippen molar-refractivity contribution in [3.63, 3.8) is 0 Å². The van der Waals surface area contributed by atoms with E-state index in [1.54, 1.807) is 0 Å². The summed E-state index contributed by atoms with van der Waals surface area (Å²) in [6, 6.07) is 23.4. The van der Waals surface area contributed by atoms with Crippen molar-refractivity contribution in [1.82, 2.24) is 25.4 Å². The molecule has 4 aromatic rings. The molecule has 2 aliphatic carbocycles. The molecule has 4 aliphatic rings.